The predicted molar refractivity (Wildman–Crippen MR) is 125 cm³/mol. The highest BCUT2D eigenvalue weighted by Gasteiger charge is 2.37. The molecule has 0 spiro atoms. The van der Waals surface area contributed by atoms with Crippen molar-refractivity contribution in [3.63, 3.8) is 0 Å². The van der Waals surface area contributed by atoms with Crippen LogP contribution < -0.4 is 10.6 Å². The average molecular weight is 462 g/mol. The quantitative estimate of drug-likeness (QED) is 0.267. The molecule has 0 saturated carbocycles. The largest absolute Gasteiger partial charge is 0.381 e. The lowest BCUT2D eigenvalue weighted by Gasteiger charge is -2.35. The molecule has 1 aliphatic heterocycles. The molecule has 1 aliphatic rings. The van der Waals surface area contributed by atoms with Gasteiger partial charge >= 0.3 is 0 Å². The minimum atomic E-state index is -0.750. The molecule has 8 nitrogen and oxygen atoms in total. The number of aryl methyl sites for hydroxylation is 1. The molecule has 1 aromatic carbocycles. The number of hydrogen-bond donors (Lipinski definition) is 3. The van der Waals surface area contributed by atoms with Gasteiger partial charge in [0.25, 0.3) is 0 Å². The lowest BCUT2D eigenvalue weighted by Crippen LogP contribution is -2.58. The maximum atomic E-state index is 13.3. The summed E-state index contributed by atoms with van der Waals surface area (Å²) in [6.07, 6.45) is 3.74. The van der Waals surface area contributed by atoms with Crippen LogP contribution in [0.2, 0.25) is 0 Å². The minimum absolute atomic E-state index is 0.0246. The normalized spacial score (nSPS) is 17.5. The fourth-order valence-corrected chi connectivity index (χ4v) is 4.09. The van der Waals surface area contributed by atoms with Gasteiger partial charge in [-0.15, -0.1) is 0 Å². The predicted octanol–water partition coefficient (Wildman–Crippen LogP) is 2.69. The van der Waals surface area contributed by atoms with Gasteiger partial charge in [0, 0.05) is 19.3 Å². The smallest absolute Gasteiger partial charge is 0.243 e. The summed E-state index contributed by atoms with van der Waals surface area (Å²) in [6, 6.07) is 8.49. The van der Waals surface area contributed by atoms with Crippen LogP contribution >= 0.6 is 0 Å². The first-order chi connectivity index (χ1) is 15.6. The van der Waals surface area contributed by atoms with Gasteiger partial charge in [-0.25, -0.2) is 5.06 Å². The van der Waals surface area contributed by atoms with Crippen LogP contribution in [0.5, 0.6) is 0 Å². The van der Waals surface area contributed by atoms with E-state index < -0.39 is 23.4 Å². The number of hydroxylamine groups is 2. The molecule has 0 bridgehead atoms. The second-order valence-electron chi connectivity index (χ2n) is 9.91. The van der Waals surface area contributed by atoms with Gasteiger partial charge in [0.2, 0.25) is 18.2 Å². The number of amides is 3. The Balaban J connectivity index is 2.09. The van der Waals surface area contributed by atoms with Crippen molar-refractivity contribution in [2.24, 2.45) is 11.3 Å². The molecule has 3 atom stereocenters. The third-order valence-corrected chi connectivity index (χ3v) is 6.25. The zero-order valence-corrected chi connectivity index (χ0v) is 20.3. The fourth-order valence-electron chi connectivity index (χ4n) is 4.09. The Morgan fingerprint density at radius 3 is 2.39 bits per heavy atom. The third-order valence-electron chi connectivity index (χ3n) is 6.25. The van der Waals surface area contributed by atoms with E-state index in [1.165, 1.54) is 0 Å². The molecule has 1 heterocycles. The van der Waals surface area contributed by atoms with Gasteiger partial charge in [-0.3, -0.25) is 19.6 Å². The molecule has 0 aliphatic carbocycles. The Bertz CT molecular complexity index is 759. The molecule has 3 amide bonds. The van der Waals surface area contributed by atoms with E-state index in [1.807, 2.05) is 51.1 Å². The van der Waals surface area contributed by atoms with E-state index in [0.717, 1.165) is 24.8 Å². The van der Waals surface area contributed by atoms with Gasteiger partial charge < -0.3 is 15.4 Å². The van der Waals surface area contributed by atoms with Crippen molar-refractivity contribution in [2.45, 2.75) is 77.9 Å². The summed E-state index contributed by atoms with van der Waals surface area (Å²) in [5.41, 5.74) is 0.635. The molecular weight excluding hydrogens is 422 g/mol. The Morgan fingerprint density at radius 2 is 1.82 bits per heavy atom. The van der Waals surface area contributed by atoms with E-state index >= 15 is 0 Å². The number of rotatable bonds is 11. The Hall–Kier alpha value is -2.45. The van der Waals surface area contributed by atoms with Crippen molar-refractivity contribution in [2.75, 3.05) is 13.2 Å². The minimum Gasteiger partial charge on any atom is -0.381 e. The van der Waals surface area contributed by atoms with Gasteiger partial charge in [-0.05, 0) is 50.0 Å². The highest BCUT2D eigenvalue weighted by molar-refractivity contribution is 5.89. The van der Waals surface area contributed by atoms with Crippen molar-refractivity contribution >= 4 is 18.2 Å². The summed E-state index contributed by atoms with van der Waals surface area (Å²) in [5.74, 6) is -1.24. The van der Waals surface area contributed by atoms with Gasteiger partial charge in [0.1, 0.15) is 6.04 Å². The first kappa shape index (κ1) is 26.8. The highest BCUT2D eigenvalue weighted by Crippen LogP contribution is 2.23. The van der Waals surface area contributed by atoms with Crippen LogP contribution in [-0.4, -0.2) is 59.8 Å². The standard InChI is InChI=1S/C25H39N3O5/c1-18(28(32)17-29)21(12-8-11-19-9-6-5-7-10-19)23(30)27-22(25(2,3)4)24(31)26-20-13-15-33-16-14-20/h5-7,9-10,17-18,20-22,32H,8,11-16H2,1-4H3,(H,26,31)(H,27,30). The molecule has 1 fully saturated rings. The van der Waals surface area contributed by atoms with Crippen LogP contribution in [0, 0.1) is 11.3 Å². The molecule has 3 N–H and O–H groups in total. The van der Waals surface area contributed by atoms with Crippen molar-refractivity contribution in [3.05, 3.63) is 35.9 Å². The summed E-state index contributed by atoms with van der Waals surface area (Å²) < 4.78 is 5.36. The lowest BCUT2D eigenvalue weighted by molar-refractivity contribution is -0.166. The highest BCUT2D eigenvalue weighted by atomic mass is 16.5. The van der Waals surface area contributed by atoms with Crippen molar-refractivity contribution in [3.8, 4) is 0 Å². The molecule has 1 aromatic rings. The van der Waals surface area contributed by atoms with Gasteiger partial charge in [0.05, 0.1) is 12.0 Å². The maximum Gasteiger partial charge on any atom is 0.243 e. The molecule has 0 radical (unpaired) electrons. The molecule has 3 unspecified atom stereocenters. The molecule has 2 rings (SSSR count). The van der Waals surface area contributed by atoms with Crippen molar-refractivity contribution < 1.29 is 24.3 Å². The SMILES string of the molecule is CC(C(CCCc1ccccc1)C(=O)NC(C(=O)NC1CCOCC1)C(C)(C)C)N(O)C=O. The van der Waals surface area contributed by atoms with Crippen LogP contribution in [0.25, 0.3) is 0 Å². The first-order valence-electron chi connectivity index (χ1n) is 11.8. The number of nitrogens with zero attached hydrogens (tertiary/aromatic N) is 1. The van der Waals surface area contributed by atoms with Gasteiger partial charge in [0.15, 0.2) is 0 Å². The first-order valence-corrected chi connectivity index (χ1v) is 11.8. The van der Waals surface area contributed by atoms with Gasteiger partial charge in [-0.1, -0.05) is 51.1 Å². The van der Waals surface area contributed by atoms with Crippen LogP contribution in [-0.2, 0) is 25.5 Å². The molecule has 1 saturated heterocycles. The van der Waals surface area contributed by atoms with E-state index in [-0.39, 0.29) is 17.9 Å². The molecule has 33 heavy (non-hydrogen) atoms. The number of carbonyl (C=O) groups is 3. The van der Waals surface area contributed by atoms with E-state index in [9.17, 15) is 19.6 Å². The van der Waals surface area contributed by atoms with E-state index in [4.69, 9.17) is 4.74 Å². The number of hydrogen-bond acceptors (Lipinski definition) is 5. The van der Waals surface area contributed by atoms with E-state index in [2.05, 4.69) is 10.6 Å². The summed E-state index contributed by atoms with van der Waals surface area (Å²) in [5, 5.41) is 16.5. The zero-order valence-electron chi connectivity index (χ0n) is 20.3. The monoisotopic (exact) mass is 461 g/mol. The Labute approximate surface area is 197 Å². The summed E-state index contributed by atoms with van der Waals surface area (Å²) in [7, 11) is 0. The number of nitrogens with one attached hydrogen (secondary N) is 2. The maximum absolute atomic E-state index is 13.3. The van der Waals surface area contributed by atoms with Crippen molar-refractivity contribution in [1.29, 1.82) is 0 Å². The second-order valence-corrected chi connectivity index (χ2v) is 9.91. The van der Waals surface area contributed by atoms with Crippen LogP contribution in [0.15, 0.2) is 30.3 Å². The molecule has 184 valence electrons. The lowest BCUT2D eigenvalue weighted by atomic mass is 9.84. The average Bonchev–Trinajstić information content (AvgIpc) is 2.79. The zero-order chi connectivity index (χ0) is 24.4. The van der Waals surface area contributed by atoms with E-state index in [1.54, 1.807) is 6.92 Å². The molecule has 0 aromatic heterocycles. The van der Waals surface area contributed by atoms with Crippen LogP contribution in [0.3, 0.4) is 0 Å². The summed E-state index contributed by atoms with van der Waals surface area (Å²) in [4.78, 5) is 37.6. The van der Waals surface area contributed by atoms with Crippen molar-refractivity contribution in [1.82, 2.24) is 15.7 Å². The number of benzene rings is 1. The van der Waals surface area contributed by atoms with E-state index in [0.29, 0.717) is 37.5 Å². The second kappa shape index (κ2) is 12.7. The summed E-state index contributed by atoms with van der Waals surface area (Å²) >= 11 is 0. The fraction of sp³-hybridized carbons (Fsp3) is 0.640. The van der Waals surface area contributed by atoms with Crippen LogP contribution in [0.4, 0.5) is 0 Å². The number of carbonyl (C=O) groups excluding carboxylic acids is 3. The molecular formula is C25H39N3O5. The number of ether oxygens (including phenoxy) is 1. The Morgan fingerprint density at radius 1 is 1.18 bits per heavy atom. The summed E-state index contributed by atoms with van der Waals surface area (Å²) in [6.45, 7) is 8.56. The third kappa shape index (κ3) is 8.44. The van der Waals surface area contributed by atoms with Gasteiger partial charge in [-0.2, -0.15) is 0 Å². The van der Waals surface area contributed by atoms with Crippen LogP contribution in [0.1, 0.15) is 58.9 Å². The Kier molecular flexibility index (Phi) is 10.3. The topological polar surface area (TPSA) is 108 Å². The molecule has 8 heteroatoms.